The van der Waals surface area contributed by atoms with Crippen molar-refractivity contribution in [2.45, 2.75) is 0 Å². The van der Waals surface area contributed by atoms with Crippen LogP contribution in [-0.2, 0) is 0 Å². The Hall–Kier alpha value is -2.87. The fraction of sp³-hybridized carbons (Fsp3) is 0.300. The lowest BCUT2D eigenvalue weighted by Crippen LogP contribution is -2.50. The predicted molar refractivity (Wildman–Crippen MR) is 97.4 cm³/mol. The van der Waals surface area contributed by atoms with Gasteiger partial charge in [0.05, 0.1) is 5.56 Å². The standard InChI is InChI=1S/C20H20F3N3O2/c21-15-3-1-14(2-4-15)19(27)24-7-8-25-9-11-26(12-10-25)20(28)17-6-5-16(22)13-18(17)23/h1-6,13H,7-12H2,(H,24,27). The van der Waals surface area contributed by atoms with E-state index in [4.69, 9.17) is 0 Å². The first kappa shape index (κ1) is 19.9. The van der Waals surface area contributed by atoms with Crippen molar-refractivity contribution in [1.29, 1.82) is 0 Å². The lowest BCUT2D eigenvalue weighted by molar-refractivity contribution is 0.0633. The summed E-state index contributed by atoms with van der Waals surface area (Å²) in [6.45, 7) is 3.02. The van der Waals surface area contributed by atoms with E-state index in [1.165, 1.54) is 29.2 Å². The molecule has 0 spiro atoms. The summed E-state index contributed by atoms with van der Waals surface area (Å²) in [5, 5.41) is 2.77. The van der Waals surface area contributed by atoms with Crippen LogP contribution in [0.25, 0.3) is 0 Å². The molecule has 3 rings (SSSR count). The van der Waals surface area contributed by atoms with Crippen LogP contribution in [0.4, 0.5) is 13.2 Å². The molecule has 2 aromatic carbocycles. The molecule has 2 aromatic rings. The van der Waals surface area contributed by atoms with E-state index in [2.05, 4.69) is 10.2 Å². The van der Waals surface area contributed by atoms with E-state index in [-0.39, 0.29) is 11.5 Å². The number of hydrogen-bond donors (Lipinski definition) is 1. The third-order valence-electron chi connectivity index (χ3n) is 4.64. The van der Waals surface area contributed by atoms with Gasteiger partial charge in [0.15, 0.2) is 0 Å². The number of rotatable bonds is 5. The van der Waals surface area contributed by atoms with Crippen LogP contribution in [0.15, 0.2) is 42.5 Å². The number of benzene rings is 2. The molecule has 1 saturated heterocycles. The highest BCUT2D eigenvalue weighted by Crippen LogP contribution is 2.14. The van der Waals surface area contributed by atoms with Gasteiger partial charge in [0.25, 0.3) is 11.8 Å². The second-order valence-electron chi connectivity index (χ2n) is 6.52. The third kappa shape index (κ3) is 4.89. The summed E-state index contributed by atoms with van der Waals surface area (Å²) in [5.41, 5.74) is 0.250. The normalized spacial score (nSPS) is 14.8. The first-order valence-electron chi connectivity index (χ1n) is 8.94. The van der Waals surface area contributed by atoms with Crippen LogP contribution in [0.3, 0.4) is 0 Å². The van der Waals surface area contributed by atoms with Gasteiger partial charge >= 0.3 is 0 Å². The number of halogens is 3. The topological polar surface area (TPSA) is 52.7 Å². The Balaban J connectivity index is 1.43. The summed E-state index contributed by atoms with van der Waals surface area (Å²) in [7, 11) is 0. The Bertz CT molecular complexity index is 850. The van der Waals surface area contributed by atoms with Gasteiger partial charge < -0.3 is 10.2 Å². The highest BCUT2D eigenvalue weighted by atomic mass is 19.1. The molecule has 1 aliphatic heterocycles. The quantitative estimate of drug-likeness (QED) is 0.851. The molecule has 0 atom stereocenters. The van der Waals surface area contributed by atoms with E-state index in [1.54, 1.807) is 0 Å². The smallest absolute Gasteiger partial charge is 0.256 e. The van der Waals surface area contributed by atoms with Gasteiger partial charge in [-0.3, -0.25) is 14.5 Å². The summed E-state index contributed by atoms with van der Waals surface area (Å²) in [5.74, 6) is -2.72. The van der Waals surface area contributed by atoms with Crippen molar-refractivity contribution in [3.05, 3.63) is 71.0 Å². The molecule has 0 aromatic heterocycles. The Kier molecular flexibility index (Phi) is 6.30. The van der Waals surface area contributed by atoms with Crippen molar-refractivity contribution in [1.82, 2.24) is 15.1 Å². The van der Waals surface area contributed by atoms with Crippen LogP contribution in [0.1, 0.15) is 20.7 Å². The fourth-order valence-electron chi connectivity index (χ4n) is 3.04. The van der Waals surface area contributed by atoms with Crippen molar-refractivity contribution in [3.63, 3.8) is 0 Å². The van der Waals surface area contributed by atoms with Crippen molar-refractivity contribution in [2.24, 2.45) is 0 Å². The van der Waals surface area contributed by atoms with Crippen molar-refractivity contribution in [2.75, 3.05) is 39.3 Å². The van der Waals surface area contributed by atoms with Crippen molar-refractivity contribution in [3.8, 4) is 0 Å². The van der Waals surface area contributed by atoms with Crippen LogP contribution >= 0.6 is 0 Å². The average molecular weight is 391 g/mol. The average Bonchev–Trinajstić information content (AvgIpc) is 2.68. The minimum atomic E-state index is -0.865. The molecule has 1 aliphatic rings. The highest BCUT2D eigenvalue weighted by molar-refractivity contribution is 5.94. The van der Waals surface area contributed by atoms with E-state index in [0.29, 0.717) is 50.9 Å². The maximum atomic E-state index is 13.8. The molecule has 1 heterocycles. The SMILES string of the molecule is O=C(NCCN1CCN(C(=O)c2ccc(F)cc2F)CC1)c1ccc(F)cc1. The molecule has 0 unspecified atom stereocenters. The summed E-state index contributed by atoms with van der Waals surface area (Å²) in [4.78, 5) is 28.0. The van der Waals surface area contributed by atoms with Gasteiger partial charge in [-0.05, 0) is 36.4 Å². The predicted octanol–water partition coefficient (Wildman–Crippen LogP) is 2.29. The third-order valence-corrected chi connectivity index (χ3v) is 4.64. The fourth-order valence-corrected chi connectivity index (χ4v) is 3.04. The van der Waals surface area contributed by atoms with Crippen LogP contribution in [0.2, 0.25) is 0 Å². The largest absolute Gasteiger partial charge is 0.351 e. The van der Waals surface area contributed by atoms with Gasteiger partial charge in [-0.15, -0.1) is 0 Å². The molecule has 148 valence electrons. The van der Waals surface area contributed by atoms with Gasteiger partial charge in [-0.1, -0.05) is 0 Å². The molecular formula is C20H20F3N3O2. The highest BCUT2D eigenvalue weighted by Gasteiger charge is 2.24. The van der Waals surface area contributed by atoms with Gasteiger partial charge in [0.2, 0.25) is 0 Å². The Labute approximate surface area is 160 Å². The van der Waals surface area contributed by atoms with E-state index >= 15 is 0 Å². The van der Waals surface area contributed by atoms with Crippen LogP contribution in [0, 0.1) is 17.5 Å². The number of carbonyl (C=O) groups is 2. The van der Waals surface area contributed by atoms with Crippen LogP contribution < -0.4 is 5.32 Å². The van der Waals surface area contributed by atoms with Crippen LogP contribution in [-0.4, -0.2) is 60.9 Å². The number of nitrogens with one attached hydrogen (secondary N) is 1. The molecule has 28 heavy (non-hydrogen) atoms. The molecular weight excluding hydrogens is 371 g/mol. The van der Waals surface area contributed by atoms with Gasteiger partial charge in [0, 0.05) is 50.9 Å². The van der Waals surface area contributed by atoms with Gasteiger partial charge in [0.1, 0.15) is 17.5 Å². The number of amides is 2. The molecule has 1 fully saturated rings. The maximum Gasteiger partial charge on any atom is 0.256 e. The van der Waals surface area contributed by atoms with Crippen molar-refractivity contribution < 1.29 is 22.8 Å². The molecule has 0 saturated carbocycles. The second kappa shape index (κ2) is 8.88. The summed E-state index contributed by atoms with van der Waals surface area (Å²) in [6.07, 6.45) is 0. The Morgan fingerprint density at radius 1 is 0.893 bits per heavy atom. The van der Waals surface area contributed by atoms with Gasteiger partial charge in [-0.2, -0.15) is 0 Å². The lowest BCUT2D eigenvalue weighted by atomic mass is 10.1. The first-order chi connectivity index (χ1) is 13.4. The molecule has 0 aliphatic carbocycles. The number of nitrogens with zero attached hydrogens (tertiary/aromatic N) is 2. The molecule has 2 amide bonds. The minimum Gasteiger partial charge on any atom is -0.351 e. The molecule has 0 bridgehead atoms. The zero-order valence-electron chi connectivity index (χ0n) is 15.1. The number of piperazine rings is 1. The first-order valence-corrected chi connectivity index (χ1v) is 8.94. The second-order valence-corrected chi connectivity index (χ2v) is 6.52. The number of carbonyl (C=O) groups excluding carboxylic acids is 2. The maximum absolute atomic E-state index is 13.8. The minimum absolute atomic E-state index is 0.138. The zero-order valence-corrected chi connectivity index (χ0v) is 15.1. The van der Waals surface area contributed by atoms with E-state index in [1.807, 2.05) is 0 Å². The summed E-state index contributed by atoms with van der Waals surface area (Å²) < 4.78 is 39.6. The molecule has 8 heteroatoms. The molecule has 5 nitrogen and oxygen atoms in total. The van der Waals surface area contributed by atoms with E-state index in [9.17, 15) is 22.8 Å². The zero-order chi connectivity index (χ0) is 20.1. The lowest BCUT2D eigenvalue weighted by Gasteiger charge is -2.34. The van der Waals surface area contributed by atoms with Crippen LogP contribution in [0.5, 0.6) is 0 Å². The van der Waals surface area contributed by atoms with E-state index in [0.717, 1.165) is 12.1 Å². The Morgan fingerprint density at radius 3 is 2.18 bits per heavy atom. The van der Waals surface area contributed by atoms with Crippen molar-refractivity contribution >= 4 is 11.8 Å². The van der Waals surface area contributed by atoms with Gasteiger partial charge in [-0.25, -0.2) is 13.2 Å². The van der Waals surface area contributed by atoms with E-state index < -0.39 is 23.4 Å². The Morgan fingerprint density at radius 2 is 1.54 bits per heavy atom. The summed E-state index contributed by atoms with van der Waals surface area (Å²) >= 11 is 0. The number of hydrogen-bond acceptors (Lipinski definition) is 3. The summed E-state index contributed by atoms with van der Waals surface area (Å²) in [6, 6.07) is 8.23. The monoisotopic (exact) mass is 391 g/mol. The molecule has 0 radical (unpaired) electrons. The molecule has 1 N–H and O–H groups in total.